The van der Waals surface area contributed by atoms with E-state index in [4.69, 9.17) is 31.5 Å². The van der Waals surface area contributed by atoms with Crippen LogP contribution in [0.15, 0.2) is 36.4 Å². The molecule has 3 rings (SSSR count). The predicted octanol–water partition coefficient (Wildman–Crippen LogP) is 2.50. The van der Waals surface area contributed by atoms with E-state index in [2.05, 4.69) is 0 Å². The molecule has 1 aliphatic heterocycles. The molecule has 1 heterocycles. The number of hydrogen-bond acceptors (Lipinski definition) is 6. The van der Waals surface area contributed by atoms with Crippen molar-refractivity contribution in [2.45, 2.75) is 13.2 Å². The maximum atomic E-state index is 11.9. The van der Waals surface area contributed by atoms with E-state index in [0.29, 0.717) is 48.1 Å². The van der Waals surface area contributed by atoms with E-state index in [9.17, 15) is 4.79 Å². The summed E-state index contributed by atoms with van der Waals surface area (Å²) in [6, 6.07) is 10.2. The van der Waals surface area contributed by atoms with Crippen LogP contribution in [-0.4, -0.2) is 40.7 Å². The second kappa shape index (κ2) is 8.25. The van der Waals surface area contributed by atoms with Crippen LogP contribution in [-0.2, 0) is 14.2 Å². The fourth-order valence-corrected chi connectivity index (χ4v) is 2.61. The lowest BCUT2D eigenvalue weighted by atomic mass is 9.90. The maximum Gasteiger partial charge on any atom is 0.341 e. The number of benzene rings is 2. The van der Waals surface area contributed by atoms with Gasteiger partial charge >= 0.3 is 5.97 Å². The van der Waals surface area contributed by atoms with E-state index in [1.165, 1.54) is 7.11 Å². The molecule has 1 aliphatic rings. The van der Waals surface area contributed by atoms with Crippen molar-refractivity contribution >= 4 is 19.3 Å². The van der Waals surface area contributed by atoms with Gasteiger partial charge in [-0.2, -0.15) is 0 Å². The van der Waals surface area contributed by atoms with Crippen LogP contribution in [0.3, 0.4) is 0 Å². The van der Waals surface area contributed by atoms with Crippen LogP contribution in [0.25, 0.3) is 0 Å². The van der Waals surface area contributed by atoms with Crippen molar-refractivity contribution in [3.8, 4) is 17.2 Å². The van der Waals surface area contributed by atoms with E-state index in [1.54, 1.807) is 43.3 Å². The van der Waals surface area contributed by atoms with Gasteiger partial charge in [0.15, 0.2) is 6.29 Å². The zero-order valence-corrected chi connectivity index (χ0v) is 14.7. The molecule has 7 heteroatoms. The van der Waals surface area contributed by atoms with Crippen molar-refractivity contribution in [2.75, 3.05) is 26.9 Å². The number of ether oxygens (including phenoxy) is 5. The van der Waals surface area contributed by atoms with Crippen molar-refractivity contribution < 1.29 is 28.5 Å². The molecule has 0 bridgehead atoms. The first-order valence-corrected chi connectivity index (χ1v) is 8.28. The number of methoxy groups -OCH3 is 1. The van der Waals surface area contributed by atoms with Crippen LogP contribution >= 0.6 is 0 Å². The molecule has 2 radical (unpaired) electrons. The van der Waals surface area contributed by atoms with Crippen molar-refractivity contribution in [1.29, 1.82) is 0 Å². The minimum atomic E-state index is -0.487. The third kappa shape index (κ3) is 4.00. The van der Waals surface area contributed by atoms with E-state index < -0.39 is 12.3 Å². The predicted molar refractivity (Wildman–Crippen MR) is 95.5 cm³/mol. The fraction of sp³-hybridized carbons (Fsp3) is 0.316. The zero-order chi connectivity index (χ0) is 18.5. The Morgan fingerprint density at radius 3 is 2.54 bits per heavy atom. The molecule has 6 nitrogen and oxygen atoms in total. The van der Waals surface area contributed by atoms with Gasteiger partial charge in [0.05, 0.1) is 26.9 Å². The molecule has 0 aliphatic carbocycles. The Balaban J connectivity index is 1.82. The summed E-state index contributed by atoms with van der Waals surface area (Å²) >= 11 is 0. The number of rotatable bonds is 6. The first-order valence-electron chi connectivity index (χ1n) is 8.28. The highest BCUT2D eigenvalue weighted by Gasteiger charge is 2.21. The fourth-order valence-electron chi connectivity index (χ4n) is 2.61. The lowest BCUT2D eigenvalue weighted by Gasteiger charge is -2.15. The van der Waals surface area contributed by atoms with Gasteiger partial charge in [0.1, 0.15) is 30.7 Å². The molecule has 1 fully saturated rings. The molecule has 0 atom stereocenters. The third-order valence-electron chi connectivity index (χ3n) is 3.84. The molecule has 134 valence electrons. The lowest BCUT2D eigenvalue weighted by Crippen LogP contribution is -2.14. The molecule has 0 saturated carbocycles. The Morgan fingerprint density at radius 2 is 1.85 bits per heavy atom. The van der Waals surface area contributed by atoms with Gasteiger partial charge in [0.25, 0.3) is 0 Å². The number of esters is 1. The van der Waals surface area contributed by atoms with E-state index >= 15 is 0 Å². The molecular weight excluding hydrogens is 335 g/mol. The highest BCUT2D eigenvalue weighted by molar-refractivity contribution is 6.33. The van der Waals surface area contributed by atoms with Crippen LogP contribution in [0.5, 0.6) is 17.2 Å². The summed E-state index contributed by atoms with van der Waals surface area (Å²) in [5.41, 5.74) is 1.63. The van der Waals surface area contributed by atoms with Crippen LogP contribution in [0.1, 0.15) is 29.1 Å². The molecule has 2 aromatic carbocycles. The quantitative estimate of drug-likeness (QED) is 0.587. The molecule has 0 amide bonds. The Kier molecular flexibility index (Phi) is 5.80. The second-order valence-corrected chi connectivity index (χ2v) is 5.55. The van der Waals surface area contributed by atoms with Gasteiger partial charge in [0, 0.05) is 11.6 Å². The molecule has 0 unspecified atom stereocenters. The standard InChI is InChI=1S/C19H19BO6/c1-3-23-18(21)14-6-4-13(11-17(14)22-2)26-12-5-7-16(20)15(10-12)19-24-8-9-25-19/h4-7,10-11,19H,3,8-9H2,1-2H3. The van der Waals surface area contributed by atoms with Crippen molar-refractivity contribution in [2.24, 2.45) is 0 Å². The Morgan fingerprint density at radius 1 is 1.15 bits per heavy atom. The van der Waals surface area contributed by atoms with Gasteiger partial charge < -0.3 is 23.7 Å². The van der Waals surface area contributed by atoms with E-state index in [1.807, 2.05) is 0 Å². The molecule has 0 N–H and O–H groups in total. The van der Waals surface area contributed by atoms with Crippen molar-refractivity contribution in [3.63, 3.8) is 0 Å². The minimum Gasteiger partial charge on any atom is -0.496 e. The minimum absolute atomic E-state index is 0.291. The molecular formula is C19H19BO6. The Bertz CT molecular complexity index is 786. The summed E-state index contributed by atoms with van der Waals surface area (Å²) < 4.78 is 27.2. The third-order valence-corrected chi connectivity index (χ3v) is 3.84. The van der Waals surface area contributed by atoms with Gasteiger partial charge in [0.2, 0.25) is 0 Å². The topological polar surface area (TPSA) is 63.2 Å². The van der Waals surface area contributed by atoms with Gasteiger partial charge in [-0.3, -0.25) is 0 Å². The molecule has 2 aromatic rings. The summed E-state index contributed by atoms with van der Waals surface area (Å²) in [7, 11) is 7.49. The normalized spacial score (nSPS) is 14.2. The molecule has 0 spiro atoms. The zero-order valence-electron chi connectivity index (χ0n) is 14.7. The highest BCUT2D eigenvalue weighted by Crippen LogP contribution is 2.31. The van der Waals surface area contributed by atoms with Gasteiger partial charge in [-0.25, -0.2) is 4.79 Å². The summed E-state index contributed by atoms with van der Waals surface area (Å²) in [5.74, 6) is 1.01. The van der Waals surface area contributed by atoms with Crippen LogP contribution in [0.4, 0.5) is 0 Å². The van der Waals surface area contributed by atoms with Crippen LogP contribution in [0, 0.1) is 0 Å². The number of carbonyl (C=O) groups is 1. The summed E-state index contributed by atoms with van der Waals surface area (Å²) in [6.07, 6.45) is -0.487. The first kappa shape index (κ1) is 18.3. The maximum absolute atomic E-state index is 11.9. The SMILES string of the molecule is [B]c1ccc(Oc2ccc(C(=O)OCC)c(OC)c2)cc1C1OCCO1. The van der Waals surface area contributed by atoms with Crippen LogP contribution < -0.4 is 14.9 Å². The lowest BCUT2D eigenvalue weighted by molar-refractivity contribution is -0.0434. The molecule has 1 saturated heterocycles. The molecule has 26 heavy (non-hydrogen) atoms. The van der Waals surface area contributed by atoms with Gasteiger partial charge in [-0.1, -0.05) is 11.5 Å². The first-order chi connectivity index (χ1) is 12.6. The number of hydrogen-bond donors (Lipinski definition) is 0. The summed E-state index contributed by atoms with van der Waals surface area (Å²) in [5, 5.41) is 0. The van der Waals surface area contributed by atoms with Crippen molar-refractivity contribution in [1.82, 2.24) is 0 Å². The second-order valence-electron chi connectivity index (χ2n) is 5.55. The molecule has 0 aromatic heterocycles. The Labute approximate surface area is 153 Å². The smallest absolute Gasteiger partial charge is 0.341 e. The summed E-state index contributed by atoms with van der Waals surface area (Å²) in [6.45, 7) is 3.10. The largest absolute Gasteiger partial charge is 0.496 e. The Hall–Kier alpha value is -2.51. The van der Waals surface area contributed by atoms with Gasteiger partial charge in [-0.15, -0.1) is 0 Å². The van der Waals surface area contributed by atoms with E-state index in [-0.39, 0.29) is 0 Å². The highest BCUT2D eigenvalue weighted by atomic mass is 16.7. The average Bonchev–Trinajstić information content (AvgIpc) is 3.18. The number of carbonyl (C=O) groups excluding carboxylic acids is 1. The summed E-state index contributed by atoms with van der Waals surface area (Å²) in [4.78, 5) is 11.9. The van der Waals surface area contributed by atoms with E-state index in [0.717, 1.165) is 5.56 Å². The van der Waals surface area contributed by atoms with Crippen molar-refractivity contribution in [3.05, 3.63) is 47.5 Å². The average molecular weight is 354 g/mol. The van der Waals surface area contributed by atoms with Gasteiger partial charge in [-0.05, 0) is 31.2 Å². The van der Waals surface area contributed by atoms with Crippen LogP contribution in [0.2, 0.25) is 0 Å². The monoisotopic (exact) mass is 354 g/mol.